The summed E-state index contributed by atoms with van der Waals surface area (Å²) in [6.45, 7) is 5.18. The van der Waals surface area contributed by atoms with Crippen molar-refractivity contribution in [2.24, 2.45) is 5.41 Å². The van der Waals surface area contributed by atoms with E-state index in [1.807, 2.05) is 6.92 Å². The Kier molecular flexibility index (Phi) is 2.81. The Labute approximate surface area is 80.3 Å². The van der Waals surface area contributed by atoms with Gasteiger partial charge < -0.3 is 5.11 Å². The lowest BCUT2D eigenvalue weighted by molar-refractivity contribution is -0.145. The standard InChI is InChI=1S/C11H20O2/c1-10(2,13)9(12)11(3)7-5-4-6-8-11/h13H,4-8H2,1-3H3. The van der Waals surface area contributed by atoms with Gasteiger partial charge in [0.2, 0.25) is 0 Å². The van der Waals surface area contributed by atoms with E-state index in [4.69, 9.17) is 0 Å². The fourth-order valence-electron chi connectivity index (χ4n) is 2.30. The first-order valence-corrected chi connectivity index (χ1v) is 5.13. The van der Waals surface area contributed by atoms with E-state index in [0.29, 0.717) is 0 Å². The number of ketones is 1. The molecule has 13 heavy (non-hydrogen) atoms. The Morgan fingerprint density at radius 3 is 2.08 bits per heavy atom. The maximum Gasteiger partial charge on any atom is 0.169 e. The average molecular weight is 184 g/mol. The smallest absolute Gasteiger partial charge is 0.169 e. The van der Waals surface area contributed by atoms with Crippen molar-refractivity contribution in [3.05, 3.63) is 0 Å². The van der Waals surface area contributed by atoms with Crippen LogP contribution in [0, 0.1) is 5.41 Å². The van der Waals surface area contributed by atoms with Gasteiger partial charge in [-0.1, -0.05) is 26.2 Å². The van der Waals surface area contributed by atoms with Gasteiger partial charge in [-0.2, -0.15) is 0 Å². The molecule has 0 amide bonds. The summed E-state index contributed by atoms with van der Waals surface area (Å²) in [6.07, 6.45) is 5.36. The first kappa shape index (κ1) is 10.7. The molecule has 0 atom stereocenters. The molecule has 0 saturated heterocycles. The van der Waals surface area contributed by atoms with Gasteiger partial charge in [0, 0.05) is 5.41 Å². The highest BCUT2D eigenvalue weighted by Crippen LogP contribution is 2.39. The number of carbonyl (C=O) groups excluding carboxylic acids is 1. The van der Waals surface area contributed by atoms with E-state index in [2.05, 4.69) is 0 Å². The summed E-state index contributed by atoms with van der Waals surface area (Å²) in [6, 6.07) is 0. The minimum absolute atomic E-state index is 0.0136. The lowest BCUT2D eigenvalue weighted by Crippen LogP contribution is -2.44. The number of aliphatic hydroxyl groups is 1. The maximum atomic E-state index is 11.9. The summed E-state index contributed by atoms with van der Waals surface area (Å²) in [5.74, 6) is 0.0136. The molecule has 0 aliphatic heterocycles. The minimum atomic E-state index is -1.16. The van der Waals surface area contributed by atoms with Crippen molar-refractivity contribution in [3.8, 4) is 0 Å². The molecule has 1 aliphatic rings. The van der Waals surface area contributed by atoms with Crippen molar-refractivity contribution in [2.45, 2.75) is 58.5 Å². The predicted octanol–water partition coefficient (Wildman–Crippen LogP) is 2.30. The number of hydrogen-bond acceptors (Lipinski definition) is 2. The zero-order chi connectivity index (χ0) is 10.1. The SMILES string of the molecule is CC(C)(O)C(=O)C1(C)CCCCC1. The largest absolute Gasteiger partial charge is 0.383 e. The first-order chi connectivity index (χ1) is 5.86. The maximum absolute atomic E-state index is 11.9. The lowest BCUT2D eigenvalue weighted by Gasteiger charge is -2.36. The van der Waals surface area contributed by atoms with Gasteiger partial charge in [-0.25, -0.2) is 0 Å². The highest BCUT2D eigenvalue weighted by atomic mass is 16.3. The fourth-order valence-corrected chi connectivity index (χ4v) is 2.30. The van der Waals surface area contributed by atoms with Crippen LogP contribution in [-0.4, -0.2) is 16.5 Å². The monoisotopic (exact) mass is 184 g/mol. The molecule has 1 fully saturated rings. The second kappa shape index (κ2) is 3.41. The van der Waals surface area contributed by atoms with Gasteiger partial charge in [0.25, 0.3) is 0 Å². The molecule has 1 N–H and O–H groups in total. The number of Topliss-reactive ketones (excluding diaryl/α,β-unsaturated/α-hetero) is 1. The van der Waals surface area contributed by atoms with Crippen LogP contribution in [-0.2, 0) is 4.79 Å². The van der Waals surface area contributed by atoms with Gasteiger partial charge in [0.15, 0.2) is 5.78 Å². The number of hydrogen-bond donors (Lipinski definition) is 1. The fraction of sp³-hybridized carbons (Fsp3) is 0.909. The van der Waals surface area contributed by atoms with Crippen LogP contribution in [0.4, 0.5) is 0 Å². The number of carbonyl (C=O) groups is 1. The molecule has 0 unspecified atom stereocenters. The third kappa shape index (κ3) is 2.31. The first-order valence-electron chi connectivity index (χ1n) is 5.13. The molecule has 0 aromatic carbocycles. The summed E-state index contributed by atoms with van der Waals surface area (Å²) in [7, 11) is 0. The molecule has 0 bridgehead atoms. The Morgan fingerprint density at radius 2 is 1.69 bits per heavy atom. The highest BCUT2D eigenvalue weighted by molar-refractivity contribution is 5.91. The van der Waals surface area contributed by atoms with Crippen LogP contribution in [0.3, 0.4) is 0 Å². The third-order valence-corrected chi connectivity index (χ3v) is 3.06. The van der Waals surface area contributed by atoms with Crippen molar-refractivity contribution < 1.29 is 9.90 Å². The van der Waals surface area contributed by atoms with Gasteiger partial charge >= 0.3 is 0 Å². The van der Waals surface area contributed by atoms with Crippen LogP contribution in [0.25, 0.3) is 0 Å². The van der Waals surface area contributed by atoms with E-state index in [1.165, 1.54) is 6.42 Å². The Hall–Kier alpha value is -0.370. The molecular weight excluding hydrogens is 164 g/mol. The van der Waals surface area contributed by atoms with Crippen LogP contribution < -0.4 is 0 Å². The molecule has 0 radical (unpaired) electrons. The summed E-state index contributed by atoms with van der Waals surface area (Å²) in [5, 5.41) is 9.65. The van der Waals surface area contributed by atoms with E-state index in [0.717, 1.165) is 25.7 Å². The van der Waals surface area contributed by atoms with E-state index in [9.17, 15) is 9.90 Å². The Bertz CT molecular complexity index is 195. The molecule has 1 saturated carbocycles. The zero-order valence-corrected chi connectivity index (χ0v) is 8.89. The topological polar surface area (TPSA) is 37.3 Å². The van der Waals surface area contributed by atoms with E-state index < -0.39 is 5.60 Å². The average Bonchev–Trinajstić information content (AvgIpc) is 2.03. The van der Waals surface area contributed by atoms with E-state index in [1.54, 1.807) is 13.8 Å². The van der Waals surface area contributed by atoms with Gasteiger partial charge in [-0.05, 0) is 26.7 Å². The summed E-state index contributed by atoms with van der Waals surface area (Å²) in [4.78, 5) is 11.9. The van der Waals surface area contributed by atoms with Crippen LogP contribution in [0.5, 0.6) is 0 Å². The van der Waals surface area contributed by atoms with Crippen molar-refractivity contribution in [2.75, 3.05) is 0 Å². The minimum Gasteiger partial charge on any atom is -0.383 e. The predicted molar refractivity (Wildman–Crippen MR) is 52.5 cm³/mol. The summed E-state index contributed by atoms with van der Waals surface area (Å²) < 4.78 is 0. The number of rotatable bonds is 2. The molecule has 2 heteroatoms. The van der Waals surface area contributed by atoms with Crippen LogP contribution in [0.1, 0.15) is 52.9 Å². The molecule has 0 aromatic rings. The molecule has 1 aliphatic carbocycles. The van der Waals surface area contributed by atoms with Crippen molar-refractivity contribution in [1.82, 2.24) is 0 Å². The molecule has 1 rings (SSSR count). The lowest BCUT2D eigenvalue weighted by atomic mass is 9.69. The molecular formula is C11H20O2. The van der Waals surface area contributed by atoms with Crippen LogP contribution in [0.15, 0.2) is 0 Å². The quantitative estimate of drug-likeness (QED) is 0.715. The second-order valence-corrected chi connectivity index (χ2v) is 5.01. The van der Waals surface area contributed by atoms with Crippen molar-refractivity contribution in [1.29, 1.82) is 0 Å². The van der Waals surface area contributed by atoms with Crippen molar-refractivity contribution >= 4 is 5.78 Å². The van der Waals surface area contributed by atoms with E-state index >= 15 is 0 Å². The van der Waals surface area contributed by atoms with Gasteiger partial charge in [-0.15, -0.1) is 0 Å². The van der Waals surface area contributed by atoms with Gasteiger partial charge in [-0.3, -0.25) is 4.79 Å². The third-order valence-electron chi connectivity index (χ3n) is 3.06. The van der Waals surface area contributed by atoms with Crippen molar-refractivity contribution in [3.63, 3.8) is 0 Å². The molecule has 0 aromatic heterocycles. The normalized spacial score (nSPS) is 22.8. The Morgan fingerprint density at radius 1 is 1.23 bits per heavy atom. The summed E-state index contributed by atoms with van der Waals surface area (Å²) >= 11 is 0. The second-order valence-electron chi connectivity index (χ2n) is 5.01. The molecule has 76 valence electrons. The highest BCUT2D eigenvalue weighted by Gasteiger charge is 2.41. The molecule has 0 spiro atoms. The molecule has 2 nitrogen and oxygen atoms in total. The zero-order valence-electron chi connectivity index (χ0n) is 8.89. The van der Waals surface area contributed by atoms with Crippen LogP contribution in [0.2, 0.25) is 0 Å². The summed E-state index contributed by atoms with van der Waals surface area (Å²) in [5.41, 5.74) is -1.43. The molecule has 0 heterocycles. The Balaban J connectivity index is 2.73. The van der Waals surface area contributed by atoms with Crippen LogP contribution >= 0.6 is 0 Å². The van der Waals surface area contributed by atoms with Gasteiger partial charge in [0.1, 0.15) is 5.60 Å². The van der Waals surface area contributed by atoms with Gasteiger partial charge in [0.05, 0.1) is 0 Å². The van der Waals surface area contributed by atoms with E-state index in [-0.39, 0.29) is 11.2 Å².